The Balaban J connectivity index is 1.91. The SMILES string of the molecule is Cc1ccc2oc(C(NN)C3CCCCC3)cc2c1. The van der Waals surface area contributed by atoms with Crippen LogP contribution in [0.4, 0.5) is 0 Å². The number of nitrogens with one attached hydrogen (secondary N) is 1. The van der Waals surface area contributed by atoms with Gasteiger partial charge < -0.3 is 4.42 Å². The van der Waals surface area contributed by atoms with Gasteiger partial charge in [-0.2, -0.15) is 0 Å². The lowest BCUT2D eigenvalue weighted by molar-refractivity contribution is 0.249. The Kier molecular flexibility index (Phi) is 3.58. The maximum Gasteiger partial charge on any atom is 0.134 e. The van der Waals surface area contributed by atoms with Crippen molar-refractivity contribution in [3.05, 3.63) is 35.6 Å². The van der Waals surface area contributed by atoms with Crippen molar-refractivity contribution in [3.8, 4) is 0 Å². The van der Waals surface area contributed by atoms with Crippen molar-refractivity contribution in [1.29, 1.82) is 0 Å². The number of rotatable bonds is 3. The van der Waals surface area contributed by atoms with Crippen molar-refractivity contribution < 1.29 is 4.42 Å². The summed E-state index contributed by atoms with van der Waals surface area (Å²) < 4.78 is 5.99. The van der Waals surface area contributed by atoms with Gasteiger partial charge in [0.25, 0.3) is 0 Å². The summed E-state index contributed by atoms with van der Waals surface area (Å²) in [5, 5.41) is 1.17. The second-order valence-electron chi connectivity index (χ2n) is 5.73. The van der Waals surface area contributed by atoms with Crippen LogP contribution in [0.5, 0.6) is 0 Å². The molecule has 0 radical (unpaired) electrons. The Morgan fingerprint density at radius 3 is 2.74 bits per heavy atom. The molecule has 1 aromatic carbocycles. The minimum atomic E-state index is 0.146. The van der Waals surface area contributed by atoms with Gasteiger partial charge in [-0.1, -0.05) is 30.9 Å². The van der Waals surface area contributed by atoms with Gasteiger partial charge in [-0.05, 0) is 43.9 Å². The van der Waals surface area contributed by atoms with Crippen LogP contribution in [-0.4, -0.2) is 0 Å². The van der Waals surface area contributed by atoms with Gasteiger partial charge in [0.1, 0.15) is 11.3 Å². The van der Waals surface area contributed by atoms with Crippen LogP contribution in [0.2, 0.25) is 0 Å². The van der Waals surface area contributed by atoms with E-state index in [0.29, 0.717) is 5.92 Å². The number of fused-ring (bicyclic) bond motifs is 1. The zero-order valence-corrected chi connectivity index (χ0v) is 11.5. The largest absolute Gasteiger partial charge is 0.459 e. The van der Waals surface area contributed by atoms with Gasteiger partial charge in [0, 0.05) is 5.39 Å². The standard InChI is InChI=1S/C16H22N2O/c1-11-7-8-14-13(9-11)10-15(19-14)16(18-17)12-5-3-2-4-6-12/h7-10,12,16,18H,2-6,17H2,1H3. The van der Waals surface area contributed by atoms with Crippen LogP contribution in [-0.2, 0) is 0 Å². The Hall–Kier alpha value is -1.32. The van der Waals surface area contributed by atoms with Crippen LogP contribution in [0.15, 0.2) is 28.7 Å². The van der Waals surface area contributed by atoms with E-state index in [9.17, 15) is 0 Å². The molecule has 3 nitrogen and oxygen atoms in total. The molecule has 1 aromatic heterocycles. The van der Waals surface area contributed by atoms with Crippen LogP contribution in [0.25, 0.3) is 11.0 Å². The van der Waals surface area contributed by atoms with Crippen molar-refractivity contribution in [2.24, 2.45) is 11.8 Å². The van der Waals surface area contributed by atoms with E-state index in [1.165, 1.54) is 43.1 Å². The highest BCUT2D eigenvalue weighted by Gasteiger charge is 2.26. The van der Waals surface area contributed by atoms with Gasteiger partial charge in [0.15, 0.2) is 0 Å². The lowest BCUT2D eigenvalue weighted by atomic mass is 9.83. The number of hydrazine groups is 1. The molecule has 19 heavy (non-hydrogen) atoms. The summed E-state index contributed by atoms with van der Waals surface area (Å²) >= 11 is 0. The van der Waals surface area contributed by atoms with E-state index in [0.717, 1.165) is 11.3 Å². The van der Waals surface area contributed by atoms with Crippen LogP contribution in [0.1, 0.15) is 49.5 Å². The average molecular weight is 258 g/mol. The van der Waals surface area contributed by atoms with Gasteiger partial charge in [-0.3, -0.25) is 5.84 Å². The first-order valence-electron chi connectivity index (χ1n) is 7.24. The highest BCUT2D eigenvalue weighted by atomic mass is 16.3. The molecule has 1 atom stereocenters. The summed E-state index contributed by atoms with van der Waals surface area (Å²) in [5.41, 5.74) is 5.18. The highest BCUT2D eigenvalue weighted by molar-refractivity contribution is 5.78. The molecule has 1 saturated carbocycles. The summed E-state index contributed by atoms with van der Waals surface area (Å²) in [4.78, 5) is 0. The third-order valence-corrected chi connectivity index (χ3v) is 4.30. The fourth-order valence-corrected chi connectivity index (χ4v) is 3.25. The van der Waals surface area contributed by atoms with Crippen molar-refractivity contribution >= 4 is 11.0 Å². The number of hydrogen-bond donors (Lipinski definition) is 2. The van der Waals surface area contributed by atoms with E-state index in [1.807, 2.05) is 6.07 Å². The Labute approximate surface area is 114 Å². The molecule has 1 unspecified atom stereocenters. The van der Waals surface area contributed by atoms with Crippen LogP contribution >= 0.6 is 0 Å². The zero-order chi connectivity index (χ0) is 13.2. The summed E-state index contributed by atoms with van der Waals surface area (Å²) in [7, 11) is 0. The topological polar surface area (TPSA) is 51.2 Å². The van der Waals surface area contributed by atoms with Gasteiger partial charge >= 0.3 is 0 Å². The molecule has 1 fully saturated rings. The van der Waals surface area contributed by atoms with Crippen LogP contribution in [0.3, 0.4) is 0 Å². The summed E-state index contributed by atoms with van der Waals surface area (Å²) in [6, 6.07) is 8.58. The third kappa shape index (κ3) is 2.53. The maximum atomic E-state index is 5.99. The fraction of sp³-hybridized carbons (Fsp3) is 0.500. The molecule has 0 spiro atoms. The van der Waals surface area contributed by atoms with Crippen molar-refractivity contribution in [3.63, 3.8) is 0 Å². The number of aryl methyl sites for hydroxylation is 1. The summed E-state index contributed by atoms with van der Waals surface area (Å²) in [5.74, 6) is 7.36. The number of furan rings is 1. The minimum Gasteiger partial charge on any atom is -0.459 e. The normalized spacial score (nSPS) is 18.8. The fourth-order valence-electron chi connectivity index (χ4n) is 3.25. The lowest BCUT2D eigenvalue weighted by Crippen LogP contribution is -2.34. The van der Waals surface area contributed by atoms with Gasteiger partial charge in [-0.25, -0.2) is 5.43 Å². The molecule has 0 saturated heterocycles. The number of nitrogens with two attached hydrogens (primary N) is 1. The second kappa shape index (κ2) is 5.35. The first-order chi connectivity index (χ1) is 9.28. The molecule has 1 aliphatic carbocycles. The van der Waals surface area contributed by atoms with Gasteiger partial charge in [0.05, 0.1) is 6.04 Å². The second-order valence-corrected chi connectivity index (χ2v) is 5.73. The molecule has 2 aromatic rings. The lowest BCUT2D eigenvalue weighted by Gasteiger charge is -2.28. The highest BCUT2D eigenvalue weighted by Crippen LogP contribution is 2.36. The predicted molar refractivity (Wildman–Crippen MR) is 77.6 cm³/mol. The molecule has 3 heteroatoms. The first kappa shape index (κ1) is 12.7. The Morgan fingerprint density at radius 1 is 1.21 bits per heavy atom. The van der Waals surface area contributed by atoms with Crippen molar-refractivity contribution in [1.82, 2.24) is 5.43 Å². The molecular formula is C16H22N2O. The van der Waals surface area contributed by atoms with E-state index in [4.69, 9.17) is 10.3 Å². The smallest absolute Gasteiger partial charge is 0.134 e. The van der Waals surface area contributed by atoms with E-state index < -0.39 is 0 Å². The van der Waals surface area contributed by atoms with E-state index in [2.05, 4.69) is 30.5 Å². The van der Waals surface area contributed by atoms with Gasteiger partial charge in [-0.15, -0.1) is 0 Å². The molecule has 3 rings (SSSR count). The van der Waals surface area contributed by atoms with E-state index in [-0.39, 0.29) is 6.04 Å². The molecule has 0 aliphatic heterocycles. The van der Waals surface area contributed by atoms with Crippen molar-refractivity contribution in [2.75, 3.05) is 0 Å². The molecule has 3 N–H and O–H groups in total. The molecule has 1 heterocycles. The average Bonchev–Trinajstić information content (AvgIpc) is 2.83. The Morgan fingerprint density at radius 2 is 2.00 bits per heavy atom. The number of benzene rings is 1. The molecular weight excluding hydrogens is 236 g/mol. The van der Waals surface area contributed by atoms with E-state index in [1.54, 1.807) is 0 Å². The summed E-state index contributed by atoms with van der Waals surface area (Å²) in [6.07, 6.45) is 6.45. The third-order valence-electron chi connectivity index (χ3n) is 4.30. The first-order valence-corrected chi connectivity index (χ1v) is 7.24. The minimum absolute atomic E-state index is 0.146. The predicted octanol–water partition coefficient (Wildman–Crippen LogP) is 3.83. The quantitative estimate of drug-likeness (QED) is 0.650. The molecule has 1 aliphatic rings. The van der Waals surface area contributed by atoms with Crippen molar-refractivity contribution in [2.45, 2.75) is 45.1 Å². The Bertz CT molecular complexity index is 555. The molecule has 102 valence electrons. The van der Waals surface area contributed by atoms with E-state index >= 15 is 0 Å². The zero-order valence-electron chi connectivity index (χ0n) is 11.5. The summed E-state index contributed by atoms with van der Waals surface area (Å²) in [6.45, 7) is 2.10. The van der Waals surface area contributed by atoms with Crippen LogP contribution < -0.4 is 11.3 Å². The molecule has 0 amide bonds. The molecule has 0 bridgehead atoms. The van der Waals surface area contributed by atoms with Crippen LogP contribution in [0, 0.1) is 12.8 Å². The number of hydrogen-bond acceptors (Lipinski definition) is 3. The monoisotopic (exact) mass is 258 g/mol. The maximum absolute atomic E-state index is 5.99. The van der Waals surface area contributed by atoms with Gasteiger partial charge in [0.2, 0.25) is 0 Å².